The second-order valence-corrected chi connectivity index (χ2v) is 7.03. The van der Waals surface area contributed by atoms with Crippen molar-refractivity contribution < 1.29 is 9.90 Å². The van der Waals surface area contributed by atoms with Crippen LogP contribution in [0.4, 0.5) is 5.69 Å². The van der Waals surface area contributed by atoms with Gasteiger partial charge in [0.15, 0.2) is 0 Å². The summed E-state index contributed by atoms with van der Waals surface area (Å²) in [4.78, 5) is 17.0. The van der Waals surface area contributed by atoms with Crippen LogP contribution < -0.4 is 4.90 Å². The highest BCUT2D eigenvalue weighted by molar-refractivity contribution is 5.77. The van der Waals surface area contributed by atoms with Gasteiger partial charge in [0.25, 0.3) is 0 Å². The van der Waals surface area contributed by atoms with Crippen LogP contribution >= 0.6 is 0 Å². The van der Waals surface area contributed by atoms with Crippen LogP contribution in [0.2, 0.25) is 0 Å². The molecule has 4 heteroatoms. The molecule has 0 spiro atoms. The van der Waals surface area contributed by atoms with E-state index in [2.05, 4.69) is 29.2 Å². The normalized spacial score (nSPS) is 19.8. The minimum atomic E-state index is 0.275. The monoisotopic (exact) mass is 336 g/mol. The minimum absolute atomic E-state index is 0.275. The molecule has 0 unspecified atom stereocenters. The number of nitrogens with zero attached hydrogens (tertiary/aromatic N) is 2. The quantitative estimate of drug-likeness (QED) is 0.936. The van der Waals surface area contributed by atoms with Crippen molar-refractivity contribution in [2.45, 2.75) is 25.2 Å². The van der Waals surface area contributed by atoms with E-state index in [-0.39, 0.29) is 11.7 Å². The first-order valence-corrected chi connectivity index (χ1v) is 9.10. The predicted molar refractivity (Wildman–Crippen MR) is 99.0 cm³/mol. The van der Waals surface area contributed by atoms with Gasteiger partial charge in [-0.1, -0.05) is 30.3 Å². The van der Waals surface area contributed by atoms with Gasteiger partial charge in [-0.05, 0) is 42.0 Å². The number of carbonyl (C=O) groups is 1. The molecular formula is C21H24N2O2. The Morgan fingerprint density at radius 1 is 1.04 bits per heavy atom. The molecule has 1 heterocycles. The summed E-state index contributed by atoms with van der Waals surface area (Å²) in [6, 6.07) is 15.9. The molecule has 1 aliphatic heterocycles. The number of aromatic hydroxyl groups is 1. The van der Waals surface area contributed by atoms with Crippen LogP contribution in [0.5, 0.6) is 5.75 Å². The summed E-state index contributed by atoms with van der Waals surface area (Å²) in [7, 11) is 0. The van der Waals surface area contributed by atoms with Gasteiger partial charge in [-0.2, -0.15) is 0 Å². The third kappa shape index (κ3) is 3.34. The first-order valence-electron chi connectivity index (χ1n) is 9.10. The number of piperazine rings is 1. The van der Waals surface area contributed by atoms with E-state index in [0.29, 0.717) is 12.3 Å². The SMILES string of the molecule is O=C(C[C@@H]1CCc2ccccc21)N1CCN(c2cccc(O)c2)CC1. The lowest BCUT2D eigenvalue weighted by Gasteiger charge is -2.36. The van der Waals surface area contributed by atoms with E-state index in [1.54, 1.807) is 12.1 Å². The number of rotatable bonds is 3. The van der Waals surface area contributed by atoms with Gasteiger partial charge in [-0.15, -0.1) is 0 Å². The first-order chi connectivity index (χ1) is 12.2. The summed E-state index contributed by atoms with van der Waals surface area (Å²) >= 11 is 0. The molecular weight excluding hydrogens is 312 g/mol. The van der Waals surface area contributed by atoms with Gasteiger partial charge >= 0.3 is 0 Å². The third-order valence-electron chi connectivity index (χ3n) is 5.51. The van der Waals surface area contributed by atoms with Crippen molar-refractivity contribution in [3.8, 4) is 5.75 Å². The highest BCUT2D eigenvalue weighted by Gasteiger charge is 2.28. The van der Waals surface area contributed by atoms with Gasteiger partial charge in [0.1, 0.15) is 5.75 Å². The van der Waals surface area contributed by atoms with Crippen molar-refractivity contribution >= 4 is 11.6 Å². The lowest BCUT2D eigenvalue weighted by atomic mass is 9.97. The summed E-state index contributed by atoms with van der Waals surface area (Å²) in [5.74, 6) is 0.945. The standard InChI is InChI=1S/C21H24N2O2/c24-19-6-3-5-18(15-19)22-10-12-23(13-11-22)21(25)14-17-9-8-16-4-1-2-7-20(16)17/h1-7,15,17,24H,8-14H2/t17-/m0/s1. The maximum Gasteiger partial charge on any atom is 0.223 e. The van der Waals surface area contributed by atoms with Crippen LogP contribution in [-0.4, -0.2) is 42.1 Å². The summed E-state index contributed by atoms with van der Waals surface area (Å²) in [5.41, 5.74) is 3.81. The second kappa shape index (κ2) is 6.79. The van der Waals surface area contributed by atoms with Crippen molar-refractivity contribution in [2.24, 2.45) is 0 Å². The molecule has 0 aromatic heterocycles. The zero-order valence-electron chi connectivity index (χ0n) is 14.4. The summed E-state index contributed by atoms with van der Waals surface area (Å²) < 4.78 is 0. The largest absolute Gasteiger partial charge is 0.508 e. The van der Waals surface area contributed by atoms with E-state index < -0.39 is 0 Å². The smallest absolute Gasteiger partial charge is 0.223 e. The molecule has 4 rings (SSSR count). The zero-order chi connectivity index (χ0) is 17.2. The number of hydrogen-bond acceptors (Lipinski definition) is 3. The topological polar surface area (TPSA) is 43.8 Å². The second-order valence-electron chi connectivity index (χ2n) is 7.03. The van der Waals surface area contributed by atoms with Gasteiger partial charge in [0.05, 0.1) is 0 Å². The Balaban J connectivity index is 1.34. The molecule has 2 aliphatic rings. The van der Waals surface area contributed by atoms with Crippen LogP contribution in [0, 0.1) is 0 Å². The van der Waals surface area contributed by atoms with E-state index in [4.69, 9.17) is 0 Å². The van der Waals surface area contributed by atoms with E-state index in [9.17, 15) is 9.90 Å². The molecule has 130 valence electrons. The van der Waals surface area contributed by atoms with E-state index in [1.807, 2.05) is 17.0 Å². The van der Waals surface area contributed by atoms with Gasteiger partial charge in [0.2, 0.25) is 5.91 Å². The number of aryl methyl sites for hydroxylation is 1. The lowest BCUT2D eigenvalue weighted by Crippen LogP contribution is -2.49. The number of anilines is 1. The van der Waals surface area contributed by atoms with Crippen molar-refractivity contribution in [3.05, 3.63) is 59.7 Å². The van der Waals surface area contributed by atoms with Crippen LogP contribution in [0.3, 0.4) is 0 Å². The Bertz CT molecular complexity index is 766. The summed E-state index contributed by atoms with van der Waals surface area (Å²) in [5, 5.41) is 9.63. The molecule has 1 atom stereocenters. The summed E-state index contributed by atoms with van der Waals surface area (Å²) in [6.45, 7) is 3.14. The Kier molecular flexibility index (Phi) is 4.35. The predicted octanol–water partition coefficient (Wildman–Crippen LogP) is 3.16. The molecule has 2 aromatic carbocycles. The Hall–Kier alpha value is -2.49. The molecule has 0 radical (unpaired) electrons. The highest BCUT2D eigenvalue weighted by Crippen LogP contribution is 2.35. The number of phenolic OH excluding ortho intramolecular Hbond substituents is 1. The van der Waals surface area contributed by atoms with E-state index in [0.717, 1.165) is 44.7 Å². The Morgan fingerprint density at radius 3 is 2.64 bits per heavy atom. The van der Waals surface area contributed by atoms with Gasteiger partial charge in [-0.25, -0.2) is 0 Å². The van der Waals surface area contributed by atoms with Gasteiger partial charge < -0.3 is 14.9 Å². The molecule has 2 aromatic rings. The number of carbonyl (C=O) groups excluding carboxylic acids is 1. The third-order valence-corrected chi connectivity index (χ3v) is 5.51. The van der Waals surface area contributed by atoms with Crippen LogP contribution in [0.25, 0.3) is 0 Å². The van der Waals surface area contributed by atoms with E-state index >= 15 is 0 Å². The molecule has 1 amide bonds. The Morgan fingerprint density at radius 2 is 1.84 bits per heavy atom. The maximum absolute atomic E-state index is 12.7. The molecule has 1 N–H and O–H groups in total. The van der Waals surface area contributed by atoms with E-state index in [1.165, 1.54) is 11.1 Å². The molecule has 25 heavy (non-hydrogen) atoms. The number of benzene rings is 2. The Labute approximate surface area is 148 Å². The minimum Gasteiger partial charge on any atom is -0.508 e. The first kappa shape index (κ1) is 16.0. The molecule has 1 saturated heterocycles. The molecule has 0 bridgehead atoms. The molecule has 1 fully saturated rings. The fraction of sp³-hybridized carbons (Fsp3) is 0.381. The zero-order valence-corrected chi connectivity index (χ0v) is 14.4. The van der Waals surface area contributed by atoms with Crippen molar-refractivity contribution in [2.75, 3.05) is 31.1 Å². The molecule has 1 aliphatic carbocycles. The average molecular weight is 336 g/mol. The fourth-order valence-electron chi connectivity index (χ4n) is 4.10. The number of phenols is 1. The number of amides is 1. The van der Waals surface area contributed by atoms with Crippen molar-refractivity contribution in [3.63, 3.8) is 0 Å². The van der Waals surface area contributed by atoms with Crippen LogP contribution in [0.1, 0.15) is 29.9 Å². The van der Waals surface area contributed by atoms with Gasteiger partial charge in [0, 0.05) is 44.4 Å². The van der Waals surface area contributed by atoms with Crippen LogP contribution in [0.15, 0.2) is 48.5 Å². The maximum atomic E-state index is 12.7. The summed E-state index contributed by atoms with van der Waals surface area (Å²) in [6.07, 6.45) is 2.82. The highest BCUT2D eigenvalue weighted by atomic mass is 16.3. The number of hydrogen-bond donors (Lipinski definition) is 1. The average Bonchev–Trinajstić information content (AvgIpc) is 3.05. The van der Waals surface area contributed by atoms with Crippen molar-refractivity contribution in [1.29, 1.82) is 0 Å². The fourth-order valence-corrected chi connectivity index (χ4v) is 4.10. The van der Waals surface area contributed by atoms with Gasteiger partial charge in [-0.3, -0.25) is 4.79 Å². The number of fused-ring (bicyclic) bond motifs is 1. The lowest BCUT2D eigenvalue weighted by molar-refractivity contribution is -0.131. The molecule has 4 nitrogen and oxygen atoms in total. The molecule has 0 saturated carbocycles. The van der Waals surface area contributed by atoms with Crippen LogP contribution in [-0.2, 0) is 11.2 Å². The van der Waals surface area contributed by atoms with Crippen molar-refractivity contribution in [1.82, 2.24) is 4.90 Å².